The molecule has 7 heteroatoms. The van der Waals surface area contributed by atoms with E-state index in [9.17, 15) is 9.59 Å². The first kappa shape index (κ1) is 18.6. The summed E-state index contributed by atoms with van der Waals surface area (Å²) in [6.07, 6.45) is 0.336. The van der Waals surface area contributed by atoms with Crippen molar-refractivity contribution < 1.29 is 9.59 Å². The SMILES string of the molecule is O=C(N[C@H]1CC(=O)N(c2ccccc2)C1)N1CCN(c2cccc(Cl)c2)CC1. The monoisotopic (exact) mass is 398 g/mol. The quantitative estimate of drug-likeness (QED) is 0.864. The smallest absolute Gasteiger partial charge is 0.317 e. The van der Waals surface area contributed by atoms with Crippen LogP contribution in [0.2, 0.25) is 5.02 Å². The molecule has 2 aliphatic rings. The number of nitrogens with zero attached hydrogens (tertiary/aromatic N) is 3. The maximum absolute atomic E-state index is 12.6. The van der Waals surface area contributed by atoms with Gasteiger partial charge < -0.3 is 20.0 Å². The first-order valence-electron chi connectivity index (χ1n) is 9.51. The van der Waals surface area contributed by atoms with Crippen LogP contribution in [0.4, 0.5) is 16.2 Å². The molecule has 4 rings (SSSR count). The maximum Gasteiger partial charge on any atom is 0.317 e. The summed E-state index contributed by atoms with van der Waals surface area (Å²) in [5.41, 5.74) is 1.95. The number of halogens is 1. The highest BCUT2D eigenvalue weighted by molar-refractivity contribution is 6.30. The van der Waals surface area contributed by atoms with Crippen LogP contribution in [-0.2, 0) is 4.79 Å². The van der Waals surface area contributed by atoms with Gasteiger partial charge in [0.1, 0.15) is 0 Å². The van der Waals surface area contributed by atoms with E-state index in [2.05, 4.69) is 10.2 Å². The van der Waals surface area contributed by atoms with Gasteiger partial charge in [-0.15, -0.1) is 0 Å². The molecule has 2 aliphatic heterocycles. The molecule has 0 unspecified atom stereocenters. The summed E-state index contributed by atoms with van der Waals surface area (Å²) in [6.45, 7) is 3.31. The lowest BCUT2D eigenvalue weighted by Crippen LogP contribution is -2.53. The number of para-hydroxylation sites is 1. The number of rotatable bonds is 3. The summed E-state index contributed by atoms with van der Waals surface area (Å²) >= 11 is 6.07. The third-order valence-electron chi connectivity index (χ3n) is 5.26. The summed E-state index contributed by atoms with van der Waals surface area (Å²) in [6, 6.07) is 17.1. The number of hydrogen-bond acceptors (Lipinski definition) is 3. The number of amides is 3. The van der Waals surface area contributed by atoms with E-state index in [4.69, 9.17) is 11.6 Å². The third kappa shape index (κ3) is 4.07. The van der Waals surface area contributed by atoms with Crippen LogP contribution < -0.4 is 15.1 Å². The highest BCUT2D eigenvalue weighted by Gasteiger charge is 2.33. The number of carbonyl (C=O) groups is 2. The molecular weight excluding hydrogens is 376 g/mol. The zero-order valence-electron chi connectivity index (χ0n) is 15.6. The number of benzene rings is 2. The molecule has 28 heavy (non-hydrogen) atoms. The normalized spacial score (nSPS) is 19.8. The molecule has 1 atom stereocenters. The Bertz CT molecular complexity index is 852. The molecule has 0 aromatic heterocycles. The lowest BCUT2D eigenvalue weighted by atomic mass is 10.2. The van der Waals surface area contributed by atoms with Crippen molar-refractivity contribution in [3.05, 3.63) is 59.6 Å². The minimum absolute atomic E-state index is 0.0438. The Morgan fingerprint density at radius 2 is 1.68 bits per heavy atom. The summed E-state index contributed by atoms with van der Waals surface area (Å²) < 4.78 is 0. The van der Waals surface area contributed by atoms with E-state index in [1.165, 1.54) is 0 Å². The Hall–Kier alpha value is -2.73. The molecule has 0 saturated carbocycles. The van der Waals surface area contributed by atoms with E-state index in [0.717, 1.165) is 24.5 Å². The Kier molecular flexibility index (Phi) is 5.39. The Morgan fingerprint density at radius 3 is 2.39 bits per heavy atom. The number of hydrogen-bond donors (Lipinski definition) is 1. The second-order valence-electron chi connectivity index (χ2n) is 7.14. The fourth-order valence-electron chi connectivity index (χ4n) is 3.77. The lowest BCUT2D eigenvalue weighted by Gasteiger charge is -2.36. The number of carbonyl (C=O) groups excluding carboxylic acids is 2. The van der Waals surface area contributed by atoms with Gasteiger partial charge in [0.2, 0.25) is 5.91 Å². The van der Waals surface area contributed by atoms with Crippen LogP contribution in [0.5, 0.6) is 0 Å². The molecule has 2 aromatic carbocycles. The molecule has 2 fully saturated rings. The Morgan fingerprint density at radius 1 is 0.964 bits per heavy atom. The fraction of sp³-hybridized carbons (Fsp3) is 0.333. The number of nitrogens with one attached hydrogen (secondary N) is 1. The van der Waals surface area contributed by atoms with Crippen LogP contribution in [0, 0.1) is 0 Å². The first-order valence-corrected chi connectivity index (χ1v) is 9.89. The van der Waals surface area contributed by atoms with Gasteiger partial charge in [-0.25, -0.2) is 4.79 Å². The van der Waals surface area contributed by atoms with Crippen molar-refractivity contribution in [2.45, 2.75) is 12.5 Å². The van der Waals surface area contributed by atoms with Crippen LogP contribution in [0.15, 0.2) is 54.6 Å². The predicted molar refractivity (Wildman–Crippen MR) is 111 cm³/mol. The molecule has 3 amide bonds. The van der Waals surface area contributed by atoms with Crippen LogP contribution >= 0.6 is 11.6 Å². The summed E-state index contributed by atoms with van der Waals surface area (Å²) in [5.74, 6) is 0.0438. The van der Waals surface area contributed by atoms with Crippen molar-refractivity contribution in [2.24, 2.45) is 0 Å². The Labute approximate surface area is 169 Å². The minimum atomic E-state index is -0.161. The van der Waals surface area contributed by atoms with Gasteiger partial charge in [0.25, 0.3) is 0 Å². The maximum atomic E-state index is 12.6. The van der Waals surface area contributed by atoms with E-state index in [0.29, 0.717) is 31.1 Å². The van der Waals surface area contributed by atoms with Crippen LogP contribution in [0.25, 0.3) is 0 Å². The molecule has 2 aromatic rings. The van der Waals surface area contributed by atoms with Crippen LogP contribution in [0.1, 0.15) is 6.42 Å². The number of anilines is 2. The number of urea groups is 1. The number of piperazine rings is 1. The molecule has 0 radical (unpaired) electrons. The molecule has 0 spiro atoms. The standard InChI is InChI=1S/C21H23ClN4O2/c22-16-5-4-8-19(13-16)24-9-11-25(12-10-24)21(28)23-17-14-20(27)26(15-17)18-6-2-1-3-7-18/h1-8,13,17H,9-12,14-15H2,(H,23,28)/t17-/m0/s1. The highest BCUT2D eigenvalue weighted by atomic mass is 35.5. The average Bonchev–Trinajstić information content (AvgIpc) is 3.09. The third-order valence-corrected chi connectivity index (χ3v) is 5.50. The van der Waals surface area contributed by atoms with Gasteiger partial charge in [0, 0.05) is 55.5 Å². The summed E-state index contributed by atoms with van der Waals surface area (Å²) in [7, 11) is 0. The van der Waals surface area contributed by atoms with E-state index in [-0.39, 0.29) is 18.0 Å². The molecule has 6 nitrogen and oxygen atoms in total. The Balaban J connectivity index is 1.30. The molecular formula is C21H23ClN4O2. The molecule has 2 saturated heterocycles. The summed E-state index contributed by atoms with van der Waals surface area (Å²) in [5, 5.41) is 3.74. The summed E-state index contributed by atoms with van der Waals surface area (Å²) in [4.78, 5) is 30.7. The molecule has 146 valence electrons. The van der Waals surface area contributed by atoms with E-state index < -0.39 is 0 Å². The van der Waals surface area contributed by atoms with Gasteiger partial charge in [-0.05, 0) is 30.3 Å². The van der Waals surface area contributed by atoms with E-state index in [1.807, 2.05) is 59.5 Å². The molecule has 1 N–H and O–H groups in total. The van der Waals surface area contributed by atoms with Gasteiger partial charge in [-0.2, -0.15) is 0 Å². The van der Waals surface area contributed by atoms with Gasteiger partial charge in [-0.1, -0.05) is 35.9 Å². The average molecular weight is 399 g/mol. The van der Waals surface area contributed by atoms with Crippen molar-refractivity contribution >= 4 is 34.9 Å². The molecule has 0 bridgehead atoms. The van der Waals surface area contributed by atoms with E-state index in [1.54, 1.807) is 4.90 Å². The molecule has 0 aliphatic carbocycles. The van der Waals surface area contributed by atoms with Gasteiger partial charge in [-0.3, -0.25) is 4.79 Å². The van der Waals surface area contributed by atoms with E-state index >= 15 is 0 Å². The second kappa shape index (κ2) is 8.10. The van der Waals surface area contributed by atoms with Crippen molar-refractivity contribution in [1.29, 1.82) is 0 Å². The second-order valence-corrected chi connectivity index (χ2v) is 7.58. The van der Waals surface area contributed by atoms with Gasteiger partial charge in [0.05, 0.1) is 6.04 Å². The van der Waals surface area contributed by atoms with Gasteiger partial charge in [0.15, 0.2) is 0 Å². The predicted octanol–water partition coefficient (Wildman–Crippen LogP) is 2.98. The van der Waals surface area contributed by atoms with Crippen molar-refractivity contribution in [1.82, 2.24) is 10.2 Å². The van der Waals surface area contributed by atoms with Crippen molar-refractivity contribution in [2.75, 3.05) is 42.5 Å². The van der Waals surface area contributed by atoms with Crippen LogP contribution in [-0.4, -0.2) is 55.6 Å². The molecule has 2 heterocycles. The van der Waals surface area contributed by atoms with Crippen molar-refractivity contribution in [3.63, 3.8) is 0 Å². The minimum Gasteiger partial charge on any atom is -0.368 e. The lowest BCUT2D eigenvalue weighted by molar-refractivity contribution is -0.117. The largest absolute Gasteiger partial charge is 0.368 e. The van der Waals surface area contributed by atoms with Gasteiger partial charge >= 0.3 is 6.03 Å². The highest BCUT2D eigenvalue weighted by Crippen LogP contribution is 2.22. The van der Waals surface area contributed by atoms with Crippen molar-refractivity contribution in [3.8, 4) is 0 Å². The van der Waals surface area contributed by atoms with Crippen LogP contribution in [0.3, 0.4) is 0 Å². The fourth-order valence-corrected chi connectivity index (χ4v) is 3.95. The topological polar surface area (TPSA) is 55.9 Å². The zero-order valence-corrected chi connectivity index (χ0v) is 16.3. The zero-order chi connectivity index (χ0) is 19.5. The first-order chi connectivity index (χ1) is 13.6.